The topological polar surface area (TPSA) is 66.4 Å². The Hall–Kier alpha value is -0.980. The predicted octanol–water partition coefficient (Wildman–Crippen LogP) is 1.65. The molecule has 2 N–H and O–H groups in total. The van der Waals surface area contributed by atoms with Crippen LogP contribution in [0.3, 0.4) is 0 Å². The number of aliphatic hydroxyl groups excluding tert-OH is 1. The van der Waals surface area contributed by atoms with E-state index in [0.29, 0.717) is 12.0 Å². The molecule has 4 nitrogen and oxygen atoms in total. The van der Waals surface area contributed by atoms with Crippen molar-refractivity contribution in [1.29, 1.82) is 0 Å². The van der Waals surface area contributed by atoms with Crippen LogP contribution >= 0.6 is 0 Å². The van der Waals surface area contributed by atoms with E-state index in [9.17, 15) is 12.8 Å². The van der Waals surface area contributed by atoms with Gasteiger partial charge >= 0.3 is 0 Å². The van der Waals surface area contributed by atoms with Crippen LogP contribution < -0.4 is 4.72 Å². The molecule has 0 amide bonds. The zero-order chi connectivity index (χ0) is 14.5. The van der Waals surface area contributed by atoms with Crippen LogP contribution in [0.25, 0.3) is 0 Å². The molecule has 1 aromatic carbocycles. The molecule has 0 fully saturated rings. The molecule has 6 heteroatoms. The van der Waals surface area contributed by atoms with Crippen molar-refractivity contribution in [3.05, 3.63) is 35.6 Å². The number of aliphatic hydroxyl groups is 1. The molecule has 0 radical (unpaired) electrons. The number of hydrogen-bond acceptors (Lipinski definition) is 3. The first-order valence-corrected chi connectivity index (χ1v) is 7.84. The van der Waals surface area contributed by atoms with Gasteiger partial charge in [0.1, 0.15) is 5.82 Å². The van der Waals surface area contributed by atoms with Crippen LogP contribution in [0.15, 0.2) is 24.3 Å². The Morgan fingerprint density at radius 2 is 2.05 bits per heavy atom. The molecule has 1 atom stereocenters. The molecular formula is C13H20FNO3S. The van der Waals surface area contributed by atoms with Crippen LogP contribution in [0.5, 0.6) is 0 Å². The van der Waals surface area contributed by atoms with Gasteiger partial charge in [-0.2, -0.15) is 0 Å². The van der Waals surface area contributed by atoms with Crippen LogP contribution in [0.2, 0.25) is 0 Å². The minimum Gasteiger partial charge on any atom is -0.396 e. The Bertz CT molecular complexity index is 502. The van der Waals surface area contributed by atoms with Gasteiger partial charge in [0.2, 0.25) is 10.0 Å². The number of benzene rings is 1. The van der Waals surface area contributed by atoms with E-state index in [1.54, 1.807) is 6.07 Å². The maximum atomic E-state index is 13.0. The van der Waals surface area contributed by atoms with Crippen molar-refractivity contribution in [3.63, 3.8) is 0 Å². The summed E-state index contributed by atoms with van der Waals surface area (Å²) < 4.78 is 39.5. The van der Waals surface area contributed by atoms with Crippen LogP contribution in [0.1, 0.15) is 25.8 Å². The Morgan fingerprint density at radius 1 is 1.37 bits per heavy atom. The summed E-state index contributed by atoms with van der Waals surface area (Å²) in [6.07, 6.45) is 0.361. The number of nitrogens with one attached hydrogen (secondary N) is 1. The zero-order valence-corrected chi connectivity index (χ0v) is 12.0. The van der Waals surface area contributed by atoms with Crippen LogP contribution in [-0.2, 0) is 15.8 Å². The van der Waals surface area contributed by atoms with Crippen molar-refractivity contribution in [2.75, 3.05) is 6.61 Å². The standard InChI is InChI=1S/C13H20FNO3S/c1-10(2)13(6-7-16)15-19(17,18)9-11-4-3-5-12(14)8-11/h3-5,8,10,13,15-16H,6-7,9H2,1-2H3. The number of hydrogen-bond donors (Lipinski definition) is 2. The van der Waals surface area contributed by atoms with Gasteiger partial charge in [-0.1, -0.05) is 26.0 Å². The summed E-state index contributed by atoms with van der Waals surface area (Å²) in [7, 11) is -3.55. The van der Waals surface area contributed by atoms with E-state index in [-0.39, 0.29) is 24.3 Å². The number of rotatable bonds is 7. The lowest BCUT2D eigenvalue weighted by atomic mass is 10.0. The summed E-state index contributed by atoms with van der Waals surface area (Å²) in [5.41, 5.74) is 0.402. The van der Waals surface area contributed by atoms with Crippen molar-refractivity contribution in [1.82, 2.24) is 4.72 Å². The number of halogens is 1. The van der Waals surface area contributed by atoms with Gasteiger partial charge < -0.3 is 5.11 Å². The second-order valence-electron chi connectivity index (χ2n) is 4.87. The first-order chi connectivity index (χ1) is 8.84. The Labute approximate surface area is 113 Å². The van der Waals surface area contributed by atoms with E-state index in [0.717, 1.165) is 0 Å². The molecule has 0 aliphatic carbocycles. The molecule has 1 unspecified atom stereocenters. The van der Waals surface area contributed by atoms with Crippen molar-refractivity contribution in [3.8, 4) is 0 Å². The molecule has 0 saturated heterocycles. The lowest BCUT2D eigenvalue weighted by Gasteiger charge is -2.21. The monoisotopic (exact) mass is 289 g/mol. The molecule has 0 saturated carbocycles. The van der Waals surface area contributed by atoms with Crippen molar-refractivity contribution >= 4 is 10.0 Å². The van der Waals surface area contributed by atoms with Crippen LogP contribution in [0.4, 0.5) is 4.39 Å². The normalized spacial score (nSPS) is 13.7. The average molecular weight is 289 g/mol. The fourth-order valence-corrected chi connectivity index (χ4v) is 3.34. The summed E-state index contributed by atoms with van der Waals surface area (Å²) in [5, 5.41) is 8.92. The molecule has 108 valence electrons. The lowest BCUT2D eigenvalue weighted by Crippen LogP contribution is -2.39. The highest BCUT2D eigenvalue weighted by Gasteiger charge is 2.20. The molecule has 19 heavy (non-hydrogen) atoms. The highest BCUT2D eigenvalue weighted by molar-refractivity contribution is 7.88. The van der Waals surface area contributed by atoms with E-state index >= 15 is 0 Å². The summed E-state index contributed by atoms with van der Waals surface area (Å²) in [5.74, 6) is -0.641. The minimum absolute atomic E-state index is 0.0780. The third kappa shape index (κ3) is 5.67. The summed E-state index contributed by atoms with van der Waals surface area (Å²) in [6, 6.07) is 5.21. The van der Waals surface area contributed by atoms with E-state index < -0.39 is 15.8 Å². The molecule has 0 aromatic heterocycles. The zero-order valence-electron chi connectivity index (χ0n) is 11.1. The van der Waals surface area contributed by atoms with Gasteiger partial charge in [-0.05, 0) is 30.0 Å². The largest absolute Gasteiger partial charge is 0.396 e. The quantitative estimate of drug-likeness (QED) is 0.802. The molecule has 0 aliphatic rings. The van der Waals surface area contributed by atoms with Crippen LogP contribution in [0, 0.1) is 11.7 Å². The third-order valence-electron chi connectivity index (χ3n) is 2.82. The van der Waals surface area contributed by atoms with Gasteiger partial charge in [0, 0.05) is 12.6 Å². The van der Waals surface area contributed by atoms with Crippen molar-refractivity contribution < 1.29 is 17.9 Å². The summed E-state index contributed by atoms with van der Waals surface area (Å²) in [6.45, 7) is 3.68. The van der Waals surface area contributed by atoms with E-state index in [2.05, 4.69) is 4.72 Å². The maximum Gasteiger partial charge on any atom is 0.216 e. The average Bonchev–Trinajstić information content (AvgIpc) is 2.27. The maximum absolute atomic E-state index is 13.0. The smallest absolute Gasteiger partial charge is 0.216 e. The van der Waals surface area contributed by atoms with E-state index in [1.807, 2.05) is 13.8 Å². The summed E-state index contributed by atoms with van der Waals surface area (Å²) >= 11 is 0. The Kier molecular flexibility index (Phi) is 5.90. The highest BCUT2D eigenvalue weighted by atomic mass is 32.2. The van der Waals surface area contributed by atoms with E-state index in [4.69, 9.17) is 5.11 Å². The fraction of sp³-hybridized carbons (Fsp3) is 0.538. The van der Waals surface area contributed by atoms with Crippen molar-refractivity contribution in [2.24, 2.45) is 5.92 Å². The van der Waals surface area contributed by atoms with E-state index in [1.165, 1.54) is 18.2 Å². The lowest BCUT2D eigenvalue weighted by molar-refractivity contribution is 0.256. The number of sulfonamides is 1. The van der Waals surface area contributed by atoms with Crippen LogP contribution in [-0.4, -0.2) is 26.2 Å². The third-order valence-corrected chi connectivity index (χ3v) is 4.20. The molecule has 0 bridgehead atoms. The first kappa shape index (κ1) is 16.1. The Balaban J connectivity index is 2.75. The second kappa shape index (κ2) is 6.98. The summed E-state index contributed by atoms with van der Waals surface area (Å²) in [4.78, 5) is 0. The first-order valence-electron chi connectivity index (χ1n) is 6.19. The second-order valence-corrected chi connectivity index (χ2v) is 6.62. The molecule has 0 spiro atoms. The SMILES string of the molecule is CC(C)C(CCO)NS(=O)(=O)Cc1cccc(F)c1. The molecule has 0 heterocycles. The van der Waals surface area contributed by atoms with Gasteiger partial charge in [-0.15, -0.1) is 0 Å². The van der Waals surface area contributed by atoms with Gasteiger partial charge in [0.25, 0.3) is 0 Å². The highest BCUT2D eigenvalue weighted by Crippen LogP contribution is 2.11. The molecular weight excluding hydrogens is 269 g/mol. The van der Waals surface area contributed by atoms with Gasteiger partial charge in [-0.3, -0.25) is 0 Å². The molecule has 0 aliphatic heterocycles. The fourth-order valence-electron chi connectivity index (χ4n) is 1.79. The predicted molar refractivity (Wildman–Crippen MR) is 72.5 cm³/mol. The molecule has 1 rings (SSSR count). The Morgan fingerprint density at radius 3 is 2.58 bits per heavy atom. The van der Waals surface area contributed by atoms with Gasteiger partial charge in [0.15, 0.2) is 0 Å². The molecule has 1 aromatic rings. The van der Waals surface area contributed by atoms with Crippen molar-refractivity contribution in [2.45, 2.75) is 32.1 Å². The minimum atomic E-state index is -3.55. The van der Waals surface area contributed by atoms with Gasteiger partial charge in [0.05, 0.1) is 5.75 Å². The van der Waals surface area contributed by atoms with Gasteiger partial charge in [-0.25, -0.2) is 17.5 Å².